The van der Waals surface area contributed by atoms with Crippen LogP contribution >= 0.6 is 22.9 Å². The van der Waals surface area contributed by atoms with Gasteiger partial charge in [0.05, 0.1) is 6.04 Å². The van der Waals surface area contributed by atoms with Crippen molar-refractivity contribution in [1.29, 1.82) is 0 Å². The molecule has 0 aromatic carbocycles. The first-order valence-corrected chi connectivity index (χ1v) is 7.88. The van der Waals surface area contributed by atoms with E-state index in [4.69, 9.17) is 17.4 Å². The van der Waals surface area contributed by atoms with Gasteiger partial charge in [-0.2, -0.15) is 0 Å². The van der Waals surface area contributed by atoms with Gasteiger partial charge in [-0.25, -0.2) is 10.8 Å². The lowest BCUT2D eigenvalue weighted by Gasteiger charge is -2.17. The number of amides is 1. The van der Waals surface area contributed by atoms with Gasteiger partial charge in [-0.1, -0.05) is 31.0 Å². The van der Waals surface area contributed by atoms with Crippen LogP contribution in [0.4, 0.5) is 5.82 Å². The van der Waals surface area contributed by atoms with Crippen LogP contribution in [0.3, 0.4) is 0 Å². The van der Waals surface area contributed by atoms with Crippen molar-refractivity contribution in [3.63, 3.8) is 0 Å². The SMILES string of the molecule is CCCC(NC(=O)c1cc(Cl)nc(NN)c1)c1cccs1. The van der Waals surface area contributed by atoms with Gasteiger partial charge in [-0.3, -0.25) is 4.79 Å². The standard InChI is InChI=1S/C14H17ClN4OS/c1-2-4-10(11-5-3-6-21-11)17-14(20)9-7-12(15)18-13(8-9)19-16/h3,5-8,10H,2,4,16H2,1H3,(H,17,20)(H,18,19). The summed E-state index contributed by atoms with van der Waals surface area (Å²) in [5.74, 6) is 5.48. The first-order chi connectivity index (χ1) is 10.1. The maximum atomic E-state index is 12.4. The van der Waals surface area contributed by atoms with Crippen molar-refractivity contribution in [2.24, 2.45) is 5.84 Å². The highest BCUT2D eigenvalue weighted by molar-refractivity contribution is 7.10. The highest BCUT2D eigenvalue weighted by Crippen LogP contribution is 2.24. The summed E-state index contributed by atoms with van der Waals surface area (Å²) in [5.41, 5.74) is 2.83. The van der Waals surface area contributed by atoms with Gasteiger partial charge in [-0.05, 0) is 30.0 Å². The normalized spacial score (nSPS) is 12.0. The minimum absolute atomic E-state index is 0.00345. The average molecular weight is 325 g/mol. The molecule has 112 valence electrons. The number of halogens is 1. The molecule has 1 unspecified atom stereocenters. The summed E-state index contributed by atoms with van der Waals surface area (Å²) in [7, 11) is 0. The number of aromatic nitrogens is 1. The van der Waals surface area contributed by atoms with Gasteiger partial charge in [-0.15, -0.1) is 11.3 Å². The van der Waals surface area contributed by atoms with E-state index >= 15 is 0 Å². The molecule has 21 heavy (non-hydrogen) atoms. The smallest absolute Gasteiger partial charge is 0.252 e. The number of nitrogens with two attached hydrogens (primary N) is 1. The summed E-state index contributed by atoms with van der Waals surface area (Å²) in [4.78, 5) is 17.5. The first kappa shape index (κ1) is 15.8. The number of rotatable bonds is 6. The molecule has 0 fully saturated rings. The van der Waals surface area contributed by atoms with E-state index in [1.165, 1.54) is 6.07 Å². The van der Waals surface area contributed by atoms with E-state index in [0.29, 0.717) is 11.4 Å². The molecule has 2 rings (SSSR count). The van der Waals surface area contributed by atoms with E-state index in [1.807, 2.05) is 17.5 Å². The highest BCUT2D eigenvalue weighted by atomic mass is 35.5. The largest absolute Gasteiger partial charge is 0.344 e. The second-order valence-corrected chi connectivity index (χ2v) is 5.90. The molecule has 1 amide bonds. The van der Waals surface area contributed by atoms with E-state index in [0.717, 1.165) is 17.7 Å². The lowest BCUT2D eigenvalue weighted by atomic mass is 10.1. The van der Waals surface area contributed by atoms with Crippen LogP contribution in [-0.2, 0) is 0 Å². The Morgan fingerprint density at radius 2 is 2.33 bits per heavy atom. The fourth-order valence-electron chi connectivity index (χ4n) is 2.01. The number of carbonyl (C=O) groups is 1. The van der Waals surface area contributed by atoms with Gasteiger partial charge in [0.2, 0.25) is 0 Å². The summed E-state index contributed by atoms with van der Waals surface area (Å²) in [5, 5.41) is 5.26. The number of carbonyl (C=O) groups excluding carboxylic acids is 1. The second-order valence-electron chi connectivity index (χ2n) is 4.54. The van der Waals surface area contributed by atoms with Crippen molar-refractivity contribution >= 4 is 34.7 Å². The van der Waals surface area contributed by atoms with Crippen LogP contribution in [0, 0.1) is 0 Å². The van der Waals surface area contributed by atoms with E-state index in [1.54, 1.807) is 17.4 Å². The molecular formula is C14H17ClN4OS. The monoisotopic (exact) mass is 324 g/mol. The summed E-state index contributed by atoms with van der Waals surface area (Å²) in [6, 6.07) is 7.10. The Morgan fingerprint density at radius 1 is 1.52 bits per heavy atom. The zero-order chi connectivity index (χ0) is 15.2. The molecule has 0 aliphatic rings. The molecule has 0 radical (unpaired) electrons. The second kappa shape index (κ2) is 7.40. The van der Waals surface area contributed by atoms with Gasteiger partial charge in [0.15, 0.2) is 0 Å². The van der Waals surface area contributed by atoms with Crippen molar-refractivity contribution in [2.45, 2.75) is 25.8 Å². The molecule has 0 saturated carbocycles. The molecule has 0 aliphatic carbocycles. The topological polar surface area (TPSA) is 80.0 Å². The summed E-state index contributed by atoms with van der Waals surface area (Å²) < 4.78 is 0. The molecule has 0 saturated heterocycles. The number of hydrazine groups is 1. The van der Waals surface area contributed by atoms with Crippen LogP contribution in [0.1, 0.15) is 41.0 Å². The van der Waals surface area contributed by atoms with Crippen LogP contribution in [-0.4, -0.2) is 10.9 Å². The minimum Gasteiger partial charge on any atom is -0.344 e. The molecule has 0 bridgehead atoms. The number of nitrogens with one attached hydrogen (secondary N) is 2. The fraction of sp³-hybridized carbons (Fsp3) is 0.286. The van der Waals surface area contributed by atoms with E-state index in [9.17, 15) is 4.79 Å². The summed E-state index contributed by atoms with van der Waals surface area (Å²) in [6.07, 6.45) is 1.86. The van der Waals surface area contributed by atoms with Crippen LogP contribution < -0.4 is 16.6 Å². The Bertz CT molecular complexity index is 603. The number of nitrogen functional groups attached to an aromatic ring is 1. The molecule has 2 aromatic rings. The Balaban J connectivity index is 2.17. The predicted molar refractivity (Wildman–Crippen MR) is 86.5 cm³/mol. The van der Waals surface area contributed by atoms with Gasteiger partial charge < -0.3 is 10.7 Å². The number of nitrogens with zero attached hydrogens (tertiary/aromatic N) is 1. The minimum atomic E-state index is -0.192. The summed E-state index contributed by atoms with van der Waals surface area (Å²) in [6.45, 7) is 2.09. The molecule has 2 aromatic heterocycles. The fourth-order valence-corrected chi connectivity index (χ4v) is 3.03. The van der Waals surface area contributed by atoms with Crippen molar-refractivity contribution in [3.8, 4) is 0 Å². The molecule has 1 atom stereocenters. The van der Waals surface area contributed by atoms with Crippen LogP contribution in [0.5, 0.6) is 0 Å². The highest BCUT2D eigenvalue weighted by Gasteiger charge is 2.17. The Hall–Kier alpha value is -1.63. The van der Waals surface area contributed by atoms with E-state index < -0.39 is 0 Å². The molecule has 7 heteroatoms. The van der Waals surface area contributed by atoms with Crippen LogP contribution in [0.15, 0.2) is 29.6 Å². The van der Waals surface area contributed by atoms with Gasteiger partial charge in [0.1, 0.15) is 11.0 Å². The van der Waals surface area contributed by atoms with Crippen molar-refractivity contribution < 1.29 is 4.79 Å². The Morgan fingerprint density at radius 3 is 2.95 bits per heavy atom. The maximum absolute atomic E-state index is 12.4. The lowest BCUT2D eigenvalue weighted by Crippen LogP contribution is -2.28. The van der Waals surface area contributed by atoms with Gasteiger partial charge in [0.25, 0.3) is 5.91 Å². The molecule has 0 spiro atoms. The number of pyridine rings is 1. The van der Waals surface area contributed by atoms with Gasteiger partial charge >= 0.3 is 0 Å². The maximum Gasteiger partial charge on any atom is 0.252 e. The summed E-state index contributed by atoms with van der Waals surface area (Å²) >= 11 is 7.52. The molecule has 5 nitrogen and oxygen atoms in total. The molecular weight excluding hydrogens is 308 g/mol. The van der Waals surface area contributed by atoms with Crippen molar-refractivity contribution in [1.82, 2.24) is 10.3 Å². The van der Waals surface area contributed by atoms with Crippen molar-refractivity contribution in [3.05, 3.63) is 45.2 Å². The van der Waals surface area contributed by atoms with E-state index in [2.05, 4.69) is 22.7 Å². The third-order valence-electron chi connectivity index (χ3n) is 2.97. The third kappa shape index (κ3) is 4.17. The van der Waals surface area contributed by atoms with Crippen molar-refractivity contribution in [2.75, 3.05) is 5.43 Å². The number of hydrogen-bond donors (Lipinski definition) is 3. The Labute approximate surface area is 132 Å². The van der Waals surface area contributed by atoms with Crippen LogP contribution in [0.25, 0.3) is 0 Å². The number of hydrogen-bond acceptors (Lipinski definition) is 5. The zero-order valence-corrected chi connectivity index (χ0v) is 13.2. The zero-order valence-electron chi connectivity index (χ0n) is 11.6. The first-order valence-electron chi connectivity index (χ1n) is 6.62. The Kier molecular flexibility index (Phi) is 5.55. The van der Waals surface area contributed by atoms with Gasteiger partial charge in [0, 0.05) is 10.4 Å². The molecule has 4 N–H and O–H groups in total. The number of thiophene rings is 1. The molecule has 2 heterocycles. The average Bonchev–Trinajstić information content (AvgIpc) is 3.00. The molecule has 0 aliphatic heterocycles. The van der Waals surface area contributed by atoms with E-state index in [-0.39, 0.29) is 17.1 Å². The number of anilines is 1. The quantitative estimate of drug-likeness (QED) is 0.432. The van der Waals surface area contributed by atoms with Crippen LogP contribution in [0.2, 0.25) is 5.15 Å². The third-order valence-corrected chi connectivity index (χ3v) is 4.15. The lowest BCUT2D eigenvalue weighted by molar-refractivity contribution is 0.0935. The predicted octanol–water partition coefficient (Wildman–Crippen LogP) is 3.35.